The third-order valence-corrected chi connectivity index (χ3v) is 5.12. The Morgan fingerprint density at radius 3 is 2.92 bits per heavy atom. The Hall–Kier alpha value is -0.830. The molecule has 25 heavy (non-hydrogen) atoms. The van der Waals surface area contributed by atoms with Crippen LogP contribution >= 0.6 is 35.3 Å². The second kappa shape index (κ2) is 11.7. The summed E-state index contributed by atoms with van der Waals surface area (Å²) < 4.78 is 0. The standard InChI is InChI=1S/C18H30N4OS.HI/c1-4-17(23)22-9-8-15(13-22)21-18(19-5-2)20-12-14(3)11-16-7-6-10-24-16;/h6-7,10,14-15H,4-5,8-9,11-13H2,1-3H3,(H2,19,20,21);1H. The van der Waals surface area contributed by atoms with Gasteiger partial charge in [-0.1, -0.05) is 19.9 Å². The summed E-state index contributed by atoms with van der Waals surface area (Å²) in [6.07, 6.45) is 2.64. The van der Waals surface area contributed by atoms with Gasteiger partial charge in [0.25, 0.3) is 0 Å². The molecular formula is C18H31IN4OS. The smallest absolute Gasteiger partial charge is 0.222 e. The maximum atomic E-state index is 11.8. The highest BCUT2D eigenvalue weighted by Crippen LogP contribution is 2.14. The molecule has 2 heterocycles. The normalized spacial score (nSPS) is 18.6. The fourth-order valence-electron chi connectivity index (χ4n) is 2.93. The van der Waals surface area contributed by atoms with Crippen LogP contribution < -0.4 is 10.6 Å². The molecule has 2 atom stereocenters. The highest BCUT2D eigenvalue weighted by molar-refractivity contribution is 14.0. The Kier molecular flexibility index (Phi) is 10.4. The Labute approximate surface area is 172 Å². The number of hydrogen-bond donors (Lipinski definition) is 2. The number of thiophene rings is 1. The van der Waals surface area contributed by atoms with Crippen molar-refractivity contribution in [3.05, 3.63) is 22.4 Å². The number of guanidine groups is 1. The van der Waals surface area contributed by atoms with Crippen LogP contribution in [0.5, 0.6) is 0 Å². The predicted octanol–water partition coefficient (Wildman–Crippen LogP) is 3.11. The number of halogens is 1. The molecule has 1 aromatic heterocycles. The molecule has 1 amide bonds. The van der Waals surface area contributed by atoms with Crippen molar-refractivity contribution in [3.8, 4) is 0 Å². The number of hydrogen-bond acceptors (Lipinski definition) is 3. The van der Waals surface area contributed by atoms with Crippen LogP contribution in [0, 0.1) is 5.92 Å². The molecule has 1 fully saturated rings. The molecule has 1 aliphatic heterocycles. The van der Waals surface area contributed by atoms with E-state index < -0.39 is 0 Å². The lowest BCUT2D eigenvalue weighted by Gasteiger charge is -2.19. The number of carbonyl (C=O) groups is 1. The molecule has 0 aliphatic carbocycles. The molecule has 0 radical (unpaired) electrons. The maximum absolute atomic E-state index is 11.8. The molecule has 0 saturated carbocycles. The van der Waals surface area contributed by atoms with Crippen molar-refractivity contribution < 1.29 is 4.79 Å². The van der Waals surface area contributed by atoms with E-state index in [2.05, 4.69) is 42.0 Å². The lowest BCUT2D eigenvalue weighted by molar-refractivity contribution is -0.129. The summed E-state index contributed by atoms with van der Waals surface area (Å²) in [5.41, 5.74) is 0. The van der Waals surface area contributed by atoms with Gasteiger partial charge < -0.3 is 15.5 Å². The van der Waals surface area contributed by atoms with Crippen LogP contribution in [0.15, 0.2) is 22.5 Å². The Morgan fingerprint density at radius 1 is 1.48 bits per heavy atom. The summed E-state index contributed by atoms with van der Waals surface area (Å²) in [5.74, 6) is 1.62. The topological polar surface area (TPSA) is 56.7 Å². The maximum Gasteiger partial charge on any atom is 0.222 e. The zero-order valence-corrected chi connectivity index (χ0v) is 18.6. The number of nitrogens with zero attached hydrogens (tertiary/aromatic N) is 2. The van der Waals surface area contributed by atoms with Crippen molar-refractivity contribution in [1.29, 1.82) is 0 Å². The number of aliphatic imine (C=N–C) groups is 1. The van der Waals surface area contributed by atoms with Gasteiger partial charge in [-0.2, -0.15) is 0 Å². The number of carbonyl (C=O) groups excluding carboxylic acids is 1. The monoisotopic (exact) mass is 478 g/mol. The van der Waals surface area contributed by atoms with Crippen LogP contribution in [-0.2, 0) is 11.2 Å². The van der Waals surface area contributed by atoms with Gasteiger partial charge in [0.1, 0.15) is 0 Å². The average Bonchev–Trinajstić information content (AvgIpc) is 3.24. The summed E-state index contributed by atoms with van der Waals surface area (Å²) in [7, 11) is 0. The van der Waals surface area contributed by atoms with E-state index in [1.54, 1.807) is 0 Å². The van der Waals surface area contributed by atoms with Crippen LogP contribution in [0.3, 0.4) is 0 Å². The summed E-state index contributed by atoms with van der Waals surface area (Å²) in [6, 6.07) is 4.59. The van der Waals surface area contributed by atoms with Gasteiger partial charge in [-0.05, 0) is 37.1 Å². The molecule has 142 valence electrons. The molecular weight excluding hydrogens is 447 g/mol. The van der Waals surface area contributed by atoms with Gasteiger partial charge in [0, 0.05) is 43.5 Å². The molecule has 0 spiro atoms. The molecule has 2 rings (SSSR count). The summed E-state index contributed by atoms with van der Waals surface area (Å²) in [6.45, 7) is 9.51. The van der Waals surface area contributed by atoms with Gasteiger partial charge in [0.15, 0.2) is 5.96 Å². The van der Waals surface area contributed by atoms with Crippen molar-refractivity contribution in [3.63, 3.8) is 0 Å². The molecule has 2 unspecified atom stereocenters. The second-order valence-corrected chi connectivity index (χ2v) is 7.46. The van der Waals surface area contributed by atoms with Crippen molar-refractivity contribution >= 4 is 47.2 Å². The minimum atomic E-state index is 0. The number of rotatable bonds is 7. The molecule has 7 heteroatoms. The van der Waals surface area contributed by atoms with E-state index in [4.69, 9.17) is 4.99 Å². The van der Waals surface area contributed by atoms with Gasteiger partial charge >= 0.3 is 0 Å². The van der Waals surface area contributed by atoms with Gasteiger partial charge in [0.2, 0.25) is 5.91 Å². The van der Waals surface area contributed by atoms with Crippen molar-refractivity contribution in [1.82, 2.24) is 15.5 Å². The third-order valence-electron chi connectivity index (χ3n) is 4.22. The zero-order chi connectivity index (χ0) is 17.4. The molecule has 1 saturated heterocycles. The summed E-state index contributed by atoms with van der Waals surface area (Å²) >= 11 is 1.81. The molecule has 0 aromatic carbocycles. The van der Waals surface area contributed by atoms with Gasteiger partial charge in [-0.25, -0.2) is 0 Å². The quantitative estimate of drug-likeness (QED) is 0.360. The first-order chi connectivity index (χ1) is 11.6. The fraction of sp³-hybridized carbons (Fsp3) is 0.667. The number of nitrogens with one attached hydrogen (secondary N) is 2. The minimum absolute atomic E-state index is 0. The highest BCUT2D eigenvalue weighted by atomic mass is 127. The van der Waals surface area contributed by atoms with E-state index in [-0.39, 0.29) is 29.9 Å². The van der Waals surface area contributed by atoms with Crippen LogP contribution in [0.4, 0.5) is 0 Å². The highest BCUT2D eigenvalue weighted by Gasteiger charge is 2.25. The molecule has 2 N–H and O–H groups in total. The van der Waals surface area contributed by atoms with Crippen molar-refractivity contribution in [2.24, 2.45) is 10.9 Å². The van der Waals surface area contributed by atoms with Crippen LogP contribution in [-0.4, -0.2) is 49.0 Å². The summed E-state index contributed by atoms with van der Waals surface area (Å²) in [4.78, 5) is 19.9. The van der Waals surface area contributed by atoms with E-state index in [9.17, 15) is 4.79 Å². The van der Waals surface area contributed by atoms with Gasteiger partial charge in [-0.3, -0.25) is 9.79 Å². The van der Waals surface area contributed by atoms with E-state index in [0.717, 1.165) is 45.0 Å². The van der Waals surface area contributed by atoms with Crippen LogP contribution in [0.2, 0.25) is 0 Å². The van der Waals surface area contributed by atoms with Crippen molar-refractivity contribution in [2.45, 2.75) is 46.1 Å². The third kappa shape index (κ3) is 7.52. The van der Waals surface area contributed by atoms with Crippen LogP contribution in [0.25, 0.3) is 0 Å². The van der Waals surface area contributed by atoms with Gasteiger partial charge in [-0.15, -0.1) is 35.3 Å². The lowest BCUT2D eigenvalue weighted by Crippen LogP contribution is -2.45. The second-order valence-electron chi connectivity index (χ2n) is 6.43. The minimum Gasteiger partial charge on any atom is -0.357 e. The zero-order valence-electron chi connectivity index (χ0n) is 15.5. The van der Waals surface area contributed by atoms with Crippen LogP contribution in [0.1, 0.15) is 38.5 Å². The SMILES string of the molecule is CCNC(=NCC(C)Cc1cccs1)NC1CCN(C(=O)CC)C1.I. The first kappa shape index (κ1) is 22.2. The Bertz CT molecular complexity index is 535. The first-order valence-corrected chi connectivity index (χ1v) is 9.85. The fourth-order valence-corrected chi connectivity index (χ4v) is 3.80. The molecule has 0 bridgehead atoms. The lowest BCUT2D eigenvalue weighted by atomic mass is 10.1. The van der Waals surface area contributed by atoms with E-state index >= 15 is 0 Å². The molecule has 5 nitrogen and oxygen atoms in total. The largest absolute Gasteiger partial charge is 0.357 e. The number of likely N-dealkylation sites (tertiary alicyclic amines) is 1. The molecule has 1 aliphatic rings. The van der Waals surface area contributed by atoms with Gasteiger partial charge in [0.05, 0.1) is 0 Å². The Morgan fingerprint density at radius 2 is 2.28 bits per heavy atom. The van der Waals surface area contributed by atoms with E-state index in [0.29, 0.717) is 18.4 Å². The van der Waals surface area contributed by atoms with E-state index in [1.807, 2.05) is 23.2 Å². The van der Waals surface area contributed by atoms with E-state index in [1.165, 1.54) is 4.88 Å². The molecule has 1 aromatic rings. The average molecular weight is 478 g/mol. The first-order valence-electron chi connectivity index (χ1n) is 8.97. The number of amides is 1. The Balaban J connectivity index is 0.00000312. The van der Waals surface area contributed by atoms with Crippen molar-refractivity contribution in [2.75, 3.05) is 26.2 Å². The summed E-state index contributed by atoms with van der Waals surface area (Å²) in [5, 5.41) is 8.93. The predicted molar refractivity (Wildman–Crippen MR) is 117 cm³/mol.